The van der Waals surface area contributed by atoms with E-state index in [1.165, 1.54) is 41.9 Å². The topological polar surface area (TPSA) is 159 Å². The molecule has 2 unspecified atom stereocenters. The fourth-order valence-corrected chi connectivity index (χ4v) is 5.85. The van der Waals surface area contributed by atoms with Crippen molar-refractivity contribution in [3.63, 3.8) is 0 Å². The van der Waals surface area contributed by atoms with Crippen LogP contribution in [0.2, 0.25) is 0 Å². The molecule has 0 bridgehead atoms. The minimum absolute atomic E-state index is 0.0442. The SMILES string of the molecule is CCN1c2cc(C(=O)NCc3cccc([N+](=O)[O-])c3)ccc2S(=O)(=O)C(C(=O)NO)C1C. The zero-order valence-corrected chi connectivity index (χ0v) is 18.1. The van der Waals surface area contributed by atoms with Crippen LogP contribution < -0.4 is 15.7 Å². The average molecular weight is 462 g/mol. The van der Waals surface area contributed by atoms with Gasteiger partial charge in [0, 0.05) is 30.8 Å². The van der Waals surface area contributed by atoms with E-state index >= 15 is 0 Å². The van der Waals surface area contributed by atoms with Crippen LogP contribution >= 0.6 is 0 Å². The normalized spacial score (nSPS) is 19.0. The summed E-state index contributed by atoms with van der Waals surface area (Å²) in [6, 6.07) is 9.10. The third kappa shape index (κ3) is 4.14. The summed E-state index contributed by atoms with van der Waals surface area (Å²) in [6.07, 6.45) is 0. The van der Waals surface area contributed by atoms with Gasteiger partial charge in [-0.2, -0.15) is 0 Å². The fourth-order valence-electron chi connectivity index (χ4n) is 3.85. The van der Waals surface area contributed by atoms with E-state index in [9.17, 15) is 28.1 Å². The molecule has 1 aliphatic heterocycles. The molecule has 170 valence electrons. The lowest BCUT2D eigenvalue weighted by atomic mass is 10.1. The minimum Gasteiger partial charge on any atom is -0.366 e. The predicted molar refractivity (Wildman–Crippen MR) is 114 cm³/mol. The van der Waals surface area contributed by atoms with Crippen molar-refractivity contribution in [2.45, 2.75) is 36.6 Å². The van der Waals surface area contributed by atoms with Crippen LogP contribution in [0, 0.1) is 10.1 Å². The molecule has 2 amide bonds. The van der Waals surface area contributed by atoms with Crippen molar-refractivity contribution in [1.29, 1.82) is 0 Å². The summed E-state index contributed by atoms with van der Waals surface area (Å²) >= 11 is 0. The quantitative estimate of drug-likeness (QED) is 0.330. The Hall–Kier alpha value is -3.51. The molecule has 2 aromatic rings. The number of non-ortho nitro benzene ring substituents is 1. The van der Waals surface area contributed by atoms with Gasteiger partial charge in [-0.3, -0.25) is 24.9 Å². The zero-order valence-electron chi connectivity index (χ0n) is 17.3. The highest BCUT2D eigenvalue weighted by molar-refractivity contribution is 7.93. The number of rotatable bonds is 6. The van der Waals surface area contributed by atoms with Crippen LogP contribution in [0.4, 0.5) is 11.4 Å². The van der Waals surface area contributed by atoms with Gasteiger partial charge in [-0.05, 0) is 37.6 Å². The van der Waals surface area contributed by atoms with Crippen LogP contribution in [0.25, 0.3) is 0 Å². The molecule has 3 N–H and O–H groups in total. The molecule has 0 radical (unpaired) electrons. The van der Waals surface area contributed by atoms with Gasteiger partial charge >= 0.3 is 0 Å². The summed E-state index contributed by atoms with van der Waals surface area (Å²) < 4.78 is 26.0. The first-order valence-corrected chi connectivity index (χ1v) is 11.3. The molecule has 3 rings (SSSR count). The Kier molecular flexibility index (Phi) is 6.46. The highest BCUT2D eigenvalue weighted by Gasteiger charge is 2.46. The van der Waals surface area contributed by atoms with Gasteiger partial charge in [0.15, 0.2) is 15.1 Å². The van der Waals surface area contributed by atoms with Crippen LogP contribution in [0.15, 0.2) is 47.4 Å². The molecule has 0 aliphatic carbocycles. The molecular formula is C20H22N4O7S. The summed E-state index contributed by atoms with van der Waals surface area (Å²) in [7, 11) is -4.11. The monoisotopic (exact) mass is 462 g/mol. The Morgan fingerprint density at radius 1 is 1.22 bits per heavy atom. The van der Waals surface area contributed by atoms with Gasteiger partial charge in [-0.15, -0.1) is 0 Å². The Labute approximate surface area is 184 Å². The van der Waals surface area contributed by atoms with Gasteiger partial charge < -0.3 is 10.2 Å². The lowest BCUT2D eigenvalue weighted by Gasteiger charge is -2.40. The van der Waals surface area contributed by atoms with Crippen LogP contribution in [0.3, 0.4) is 0 Å². The number of nitrogens with one attached hydrogen (secondary N) is 2. The number of nitro benzene ring substituents is 1. The Bertz CT molecular complexity index is 1180. The largest absolute Gasteiger partial charge is 0.366 e. The molecule has 2 atom stereocenters. The molecule has 11 nitrogen and oxygen atoms in total. The Morgan fingerprint density at radius 2 is 1.94 bits per heavy atom. The van der Waals surface area contributed by atoms with E-state index < -0.39 is 37.9 Å². The van der Waals surface area contributed by atoms with Gasteiger partial charge in [0.05, 0.1) is 21.5 Å². The molecule has 0 fully saturated rings. The standard InChI is InChI=1S/C20H22N4O7S/c1-3-23-12(2)18(20(26)22-27)32(30,31)17-8-7-14(10-16(17)23)19(25)21-11-13-5-4-6-15(9-13)24(28)29/h4-10,12,18,27H,3,11H2,1-2H3,(H,21,25)(H,22,26). The molecular weight excluding hydrogens is 440 g/mol. The third-order valence-electron chi connectivity index (χ3n) is 5.38. The van der Waals surface area contributed by atoms with Crippen molar-refractivity contribution in [2.24, 2.45) is 0 Å². The summed E-state index contributed by atoms with van der Waals surface area (Å²) in [5, 5.41) is 21.0. The summed E-state index contributed by atoms with van der Waals surface area (Å²) in [5.74, 6) is -1.52. The fraction of sp³-hybridized carbons (Fsp3) is 0.300. The number of benzene rings is 2. The number of hydrogen-bond donors (Lipinski definition) is 3. The first-order valence-electron chi connectivity index (χ1n) is 9.71. The summed E-state index contributed by atoms with van der Waals surface area (Å²) in [5.41, 5.74) is 2.34. The third-order valence-corrected chi connectivity index (χ3v) is 7.62. The lowest BCUT2D eigenvalue weighted by molar-refractivity contribution is -0.384. The number of fused-ring (bicyclic) bond motifs is 1. The van der Waals surface area contributed by atoms with Crippen LogP contribution in [-0.2, 0) is 21.2 Å². The number of amides is 2. The second kappa shape index (κ2) is 8.93. The molecule has 0 spiro atoms. The molecule has 2 aromatic carbocycles. The maximum absolute atomic E-state index is 13.0. The minimum atomic E-state index is -4.11. The second-order valence-electron chi connectivity index (χ2n) is 7.26. The average Bonchev–Trinajstić information content (AvgIpc) is 2.77. The first kappa shape index (κ1) is 23.2. The Morgan fingerprint density at radius 3 is 2.56 bits per heavy atom. The van der Waals surface area contributed by atoms with Crippen molar-refractivity contribution in [3.8, 4) is 0 Å². The number of nitrogens with zero attached hydrogens (tertiary/aromatic N) is 2. The van der Waals surface area contributed by atoms with Crippen molar-refractivity contribution >= 4 is 33.0 Å². The van der Waals surface area contributed by atoms with Crippen LogP contribution in [0.1, 0.15) is 29.8 Å². The van der Waals surface area contributed by atoms with E-state index in [1.807, 2.05) is 0 Å². The van der Waals surface area contributed by atoms with Gasteiger partial charge in [-0.1, -0.05) is 12.1 Å². The lowest BCUT2D eigenvalue weighted by Crippen LogP contribution is -2.56. The maximum atomic E-state index is 13.0. The van der Waals surface area contributed by atoms with Gasteiger partial charge in [0.25, 0.3) is 17.5 Å². The van der Waals surface area contributed by atoms with E-state index in [2.05, 4.69) is 5.32 Å². The van der Waals surface area contributed by atoms with Crippen molar-refractivity contribution in [3.05, 3.63) is 63.7 Å². The Balaban J connectivity index is 1.90. The van der Waals surface area contributed by atoms with E-state index in [0.717, 1.165) is 0 Å². The number of carbonyl (C=O) groups is 2. The molecule has 0 saturated heterocycles. The van der Waals surface area contributed by atoms with Gasteiger partial charge in [-0.25, -0.2) is 13.9 Å². The van der Waals surface area contributed by atoms with Crippen LogP contribution in [-0.4, -0.2) is 48.2 Å². The number of anilines is 1. The highest BCUT2D eigenvalue weighted by Crippen LogP contribution is 2.38. The van der Waals surface area contributed by atoms with E-state index in [4.69, 9.17) is 5.21 Å². The van der Waals surface area contributed by atoms with Crippen molar-refractivity contribution < 1.29 is 28.1 Å². The van der Waals surface area contributed by atoms with Gasteiger partial charge in [0.2, 0.25) is 0 Å². The molecule has 0 aromatic heterocycles. The first-order chi connectivity index (χ1) is 15.1. The zero-order chi connectivity index (χ0) is 23.6. The van der Waals surface area contributed by atoms with E-state index in [1.54, 1.807) is 24.8 Å². The smallest absolute Gasteiger partial charge is 0.269 e. The predicted octanol–water partition coefficient (Wildman–Crippen LogP) is 1.40. The molecule has 12 heteroatoms. The van der Waals surface area contributed by atoms with E-state index in [0.29, 0.717) is 12.1 Å². The number of carbonyl (C=O) groups excluding carboxylic acids is 2. The highest BCUT2D eigenvalue weighted by atomic mass is 32.2. The molecule has 1 heterocycles. The molecule has 1 aliphatic rings. The number of hydrogen-bond acceptors (Lipinski definition) is 8. The van der Waals surface area contributed by atoms with E-state index in [-0.39, 0.29) is 28.4 Å². The molecule has 32 heavy (non-hydrogen) atoms. The van der Waals surface area contributed by atoms with Gasteiger partial charge in [0.1, 0.15) is 0 Å². The second-order valence-corrected chi connectivity index (χ2v) is 9.30. The van der Waals surface area contributed by atoms with Crippen LogP contribution in [0.5, 0.6) is 0 Å². The van der Waals surface area contributed by atoms with Crippen molar-refractivity contribution in [1.82, 2.24) is 10.8 Å². The maximum Gasteiger partial charge on any atom is 0.269 e. The molecule has 0 saturated carbocycles. The number of hydroxylamine groups is 1. The summed E-state index contributed by atoms with van der Waals surface area (Å²) in [4.78, 5) is 36.7. The summed E-state index contributed by atoms with van der Waals surface area (Å²) in [6.45, 7) is 3.74. The van der Waals surface area contributed by atoms with Crippen molar-refractivity contribution in [2.75, 3.05) is 11.4 Å². The number of nitro groups is 1. The number of sulfone groups is 1.